The van der Waals surface area contributed by atoms with Crippen LogP contribution in [0, 0.1) is 5.82 Å². The van der Waals surface area contributed by atoms with Gasteiger partial charge in [-0.25, -0.2) is 23.3 Å². The van der Waals surface area contributed by atoms with Crippen molar-refractivity contribution in [1.82, 2.24) is 19.2 Å². The highest BCUT2D eigenvalue weighted by Gasteiger charge is 2.21. The van der Waals surface area contributed by atoms with E-state index in [0.29, 0.717) is 17.0 Å². The van der Waals surface area contributed by atoms with E-state index in [1.165, 1.54) is 15.1 Å². The van der Waals surface area contributed by atoms with Gasteiger partial charge in [0.15, 0.2) is 5.82 Å². The third-order valence-electron chi connectivity index (χ3n) is 4.60. The number of hydrogen-bond acceptors (Lipinski definition) is 5. The fourth-order valence-corrected chi connectivity index (χ4v) is 3.16. The molecule has 7 nitrogen and oxygen atoms in total. The molecule has 0 unspecified atom stereocenters. The maximum Gasteiger partial charge on any atom is 0.350 e. The molecule has 1 aliphatic heterocycles. The molecule has 3 aromatic rings. The topological polar surface area (TPSA) is 81.5 Å². The molecular formula is C17H19FN6O. The van der Waals surface area contributed by atoms with Gasteiger partial charge in [-0.05, 0) is 18.9 Å². The summed E-state index contributed by atoms with van der Waals surface area (Å²) in [7, 11) is 0. The SMILES string of the molecule is NC1CCN(c2nccn3c(=O)n(Cc4ccccc4F)nc23)CC1. The van der Waals surface area contributed by atoms with Gasteiger partial charge in [-0.1, -0.05) is 18.2 Å². The van der Waals surface area contributed by atoms with E-state index in [1.54, 1.807) is 30.6 Å². The van der Waals surface area contributed by atoms with Gasteiger partial charge >= 0.3 is 5.69 Å². The molecule has 0 amide bonds. The van der Waals surface area contributed by atoms with Gasteiger partial charge < -0.3 is 10.6 Å². The molecule has 1 saturated heterocycles. The van der Waals surface area contributed by atoms with E-state index in [1.807, 2.05) is 0 Å². The summed E-state index contributed by atoms with van der Waals surface area (Å²) in [6.45, 7) is 1.64. The van der Waals surface area contributed by atoms with Gasteiger partial charge in [-0.15, -0.1) is 5.10 Å². The lowest BCUT2D eigenvalue weighted by atomic mass is 10.1. The largest absolute Gasteiger partial charge is 0.353 e. The van der Waals surface area contributed by atoms with E-state index < -0.39 is 0 Å². The summed E-state index contributed by atoms with van der Waals surface area (Å²) in [5.41, 5.74) is 6.56. The summed E-state index contributed by atoms with van der Waals surface area (Å²) in [6, 6.07) is 6.59. The van der Waals surface area contributed by atoms with Gasteiger partial charge in [0.05, 0.1) is 6.54 Å². The van der Waals surface area contributed by atoms with Gasteiger partial charge in [-0.3, -0.25) is 0 Å². The van der Waals surface area contributed by atoms with Crippen LogP contribution in [0.3, 0.4) is 0 Å². The Morgan fingerprint density at radius 3 is 2.76 bits per heavy atom. The normalized spacial score (nSPS) is 15.8. The average Bonchev–Trinajstić information content (AvgIpc) is 2.94. The molecule has 1 aromatic carbocycles. The van der Waals surface area contributed by atoms with Crippen LogP contribution in [-0.4, -0.2) is 38.3 Å². The maximum atomic E-state index is 13.9. The van der Waals surface area contributed by atoms with Crippen LogP contribution in [0.1, 0.15) is 18.4 Å². The Hall–Kier alpha value is -2.74. The lowest BCUT2D eigenvalue weighted by molar-refractivity contribution is 0.499. The molecular weight excluding hydrogens is 323 g/mol. The second-order valence-corrected chi connectivity index (χ2v) is 6.30. The predicted molar refractivity (Wildman–Crippen MR) is 92.2 cm³/mol. The fourth-order valence-electron chi connectivity index (χ4n) is 3.16. The van der Waals surface area contributed by atoms with E-state index in [-0.39, 0.29) is 24.1 Å². The molecule has 0 saturated carbocycles. The summed E-state index contributed by atoms with van der Waals surface area (Å²) in [6.07, 6.45) is 4.93. The molecule has 0 radical (unpaired) electrons. The number of halogens is 1. The van der Waals surface area contributed by atoms with Crippen molar-refractivity contribution in [3.8, 4) is 0 Å². The lowest BCUT2D eigenvalue weighted by Crippen LogP contribution is -2.40. The Kier molecular flexibility index (Phi) is 3.96. The third kappa shape index (κ3) is 2.89. The van der Waals surface area contributed by atoms with Gasteiger partial charge in [-0.2, -0.15) is 0 Å². The first-order chi connectivity index (χ1) is 12.1. The Labute approximate surface area is 143 Å². The Morgan fingerprint density at radius 2 is 2.00 bits per heavy atom. The predicted octanol–water partition coefficient (Wildman–Crippen LogP) is 1.01. The maximum absolute atomic E-state index is 13.9. The van der Waals surface area contributed by atoms with Crippen molar-refractivity contribution in [2.24, 2.45) is 5.73 Å². The highest BCUT2D eigenvalue weighted by Crippen LogP contribution is 2.20. The Morgan fingerprint density at radius 1 is 1.24 bits per heavy atom. The quantitative estimate of drug-likeness (QED) is 0.768. The first-order valence-corrected chi connectivity index (χ1v) is 8.31. The highest BCUT2D eigenvalue weighted by molar-refractivity contribution is 5.63. The van der Waals surface area contributed by atoms with Crippen molar-refractivity contribution in [2.75, 3.05) is 18.0 Å². The lowest BCUT2D eigenvalue weighted by Gasteiger charge is -2.30. The monoisotopic (exact) mass is 342 g/mol. The zero-order valence-corrected chi connectivity index (χ0v) is 13.7. The van der Waals surface area contributed by atoms with Crippen LogP contribution >= 0.6 is 0 Å². The van der Waals surface area contributed by atoms with Crippen LogP contribution in [0.25, 0.3) is 5.65 Å². The number of anilines is 1. The van der Waals surface area contributed by atoms with E-state index in [2.05, 4.69) is 15.0 Å². The van der Waals surface area contributed by atoms with Crippen LogP contribution < -0.4 is 16.3 Å². The van der Waals surface area contributed by atoms with Crippen LogP contribution in [0.5, 0.6) is 0 Å². The number of nitrogens with zero attached hydrogens (tertiary/aromatic N) is 5. The molecule has 2 aromatic heterocycles. The van der Waals surface area contributed by atoms with Gasteiger partial charge in [0.2, 0.25) is 5.65 Å². The van der Waals surface area contributed by atoms with Crippen LogP contribution in [0.2, 0.25) is 0 Å². The van der Waals surface area contributed by atoms with Crippen LogP contribution in [0.15, 0.2) is 41.5 Å². The van der Waals surface area contributed by atoms with Crippen LogP contribution in [-0.2, 0) is 6.54 Å². The molecule has 1 aliphatic rings. The molecule has 1 fully saturated rings. The van der Waals surface area contributed by atoms with Crippen molar-refractivity contribution in [1.29, 1.82) is 0 Å². The summed E-state index contributed by atoms with van der Waals surface area (Å²) in [4.78, 5) is 19.1. The number of rotatable bonds is 3. The standard InChI is InChI=1S/C17H19FN6O/c18-14-4-2-1-3-12(14)11-24-17(25)23-10-7-20-15(16(23)21-24)22-8-5-13(19)6-9-22/h1-4,7,10,13H,5-6,8-9,11,19H2. The molecule has 3 heterocycles. The minimum Gasteiger partial charge on any atom is -0.353 e. The second kappa shape index (κ2) is 6.29. The van der Waals surface area contributed by atoms with E-state index in [4.69, 9.17) is 5.73 Å². The Balaban J connectivity index is 1.73. The summed E-state index contributed by atoms with van der Waals surface area (Å²) in [5, 5.41) is 4.41. The number of aromatic nitrogens is 4. The minimum absolute atomic E-state index is 0.0809. The van der Waals surface area contributed by atoms with Crippen molar-refractivity contribution >= 4 is 11.5 Å². The van der Waals surface area contributed by atoms with E-state index >= 15 is 0 Å². The first-order valence-electron chi connectivity index (χ1n) is 8.31. The third-order valence-corrected chi connectivity index (χ3v) is 4.60. The molecule has 0 aliphatic carbocycles. The van der Waals surface area contributed by atoms with Gasteiger partial charge in [0.1, 0.15) is 5.82 Å². The number of piperidine rings is 1. The first kappa shape index (κ1) is 15.8. The summed E-state index contributed by atoms with van der Waals surface area (Å²) >= 11 is 0. The smallest absolute Gasteiger partial charge is 0.350 e. The van der Waals surface area contributed by atoms with Crippen molar-refractivity contribution in [3.63, 3.8) is 0 Å². The summed E-state index contributed by atoms with van der Waals surface area (Å²) in [5.74, 6) is 0.314. The zero-order valence-electron chi connectivity index (χ0n) is 13.7. The van der Waals surface area contributed by atoms with Crippen molar-refractivity contribution < 1.29 is 4.39 Å². The molecule has 0 atom stereocenters. The average molecular weight is 342 g/mol. The molecule has 2 N–H and O–H groups in total. The molecule has 130 valence electrons. The molecule has 8 heteroatoms. The fraction of sp³-hybridized carbons (Fsp3) is 0.353. The molecule has 4 rings (SSSR count). The molecule has 25 heavy (non-hydrogen) atoms. The molecule has 0 bridgehead atoms. The number of nitrogens with two attached hydrogens (primary N) is 1. The molecule has 0 spiro atoms. The highest BCUT2D eigenvalue weighted by atomic mass is 19.1. The minimum atomic E-state index is -0.352. The number of fused-ring (bicyclic) bond motifs is 1. The summed E-state index contributed by atoms with van der Waals surface area (Å²) < 4.78 is 16.6. The Bertz CT molecular complexity index is 957. The van der Waals surface area contributed by atoms with E-state index in [9.17, 15) is 9.18 Å². The van der Waals surface area contributed by atoms with Gasteiger partial charge in [0, 0.05) is 37.1 Å². The van der Waals surface area contributed by atoms with Crippen molar-refractivity contribution in [2.45, 2.75) is 25.4 Å². The second-order valence-electron chi connectivity index (χ2n) is 6.30. The van der Waals surface area contributed by atoms with E-state index in [0.717, 1.165) is 25.9 Å². The number of benzene rings is 1. The van der Waals surface area contributed by atoms with Gasteiger partial charge in [0.25, 0.3) is 0 Å². The van der Waals surface area contributed by atoms with Crippen molar-refractivity contribution in [3.05, 3.63) is 58.5 Å². The zero-order chi connectivity index (χ0) is 17.4. The number of hydrogen-bond donors (Lipinski definition) is 1. The van der Waals surface area contributed by atoms with Crippen LogP contribution in [0.4, 0.5) is 10.2 Å².